The second-order valence-electron chi connectivity index (χ2n) is 3.47. The van der Waals surface area contributed by atoms with Gasteiger partial charge in [-0.05, 0) is 28.1 Å². The molecule has 6 heteroatoms. The van der Waals surface area contributed by atoms with Crippen LogP contribution in [0.1, 0.15) is 10.4 Å². The number of hydrogen-bond acceptors (Lipinski definition) is 3. The van der Waals surface area contributed by atoms with Crippen molar-refractivity contribution in [1.29, 1.82) is 0 Å². The fourth-order valence-electron chi connectivity index (χ4n) is 1.24. The third kappa shape index (κ3) is 4.34. The van der Waals surface area contributed by atoms with Gasteiger partial charge < -0.3 is 11.1 Å². The van der Waals surface area contributed by atoms with Crippen molar-refractivity contribution in [2.75, 3.05) is 23.8 Å². The molecule has 1 aromatic carbocycles. The number of hydrogen-bond donors (Lipinski definition) is 2. The van der Waals surface area contributed by atoms with Crippen LogP contribution in [0.4, 0.5) is 10.1 Å². The van der Waals surface area contributed by atoms with Gasteiger partial charge in [0.2, 0.25) is 0 Å². The molecule has 98 valence electrons. The van der Waals surface area contributed by atoms with E-state index in [2.05, 4.69) is 27.8 Å². The summed E-state index contributed by atoms with van der Waals surface area (Å²) in [5.41, 5.74) is 5.73. The number of anilines is 1. The smallest absolute Gasteiger partial charge is 0.252 e. The Balaban J connectivity index is 2.56. The zero-order valence-electron chi connectivity index (χ0n) is 9.71. The maximum atomic E-state index is 13.1. The molecule has 1 rings (SSSR count). The second-order valence-corrected chi connectivity index (χ2v) is 5.48. The number of nitrogens with one attached hydrogen (secondary N) is 1. The second kappa shape index (κ2) is 7.43. The van der Waals surface area contributed by atoms with E-state index in [9.17, 15) is 9.18 Å². The Morgan fingerprint density at radius 1 is 1.61 bits per heavy atom. The van der Waals surface area contributed by atoms with Crippen molar-refractivity contribution < 1.29 is 9.18 Å². The quantitative estimate of drug-likeness (QED) is 0.478. The lowest BCUT2D eigenvalue weighted by molar-refractivity contribution is 0.0955. The summed E-state index contributed by atoms with van der Waals surface area (Å²) < 4.78 is 13.5. The highest BCUT2D eigenvalue weighted by atomic mass is 79.9. The molecule has 0 atom stereocenters. The predicted molar refractivity (Wildman–Crippen MR) is 78.4 cm³/mol. The predicted octanol–water partition coefficient (Wildman–Crippen LogP) is 2.82. The van der Waals surface area contributed by atoms with Gasteiger partial charge >= 0.3 is 0 Å². The molecule has 3 nitrogen and oxygen atoms in total. The lowest BCUT2D eigenvalue weighted by Gasteiger charge is -2.08. The number of nitrogens with two attached hydrogens (primary N) is 1. The van der Waals surface area contributed by atoms with Crippen LogP contribution in [0.2, 0.25) is 0 Å². The summed E-state index contributed by atoms with van der Waals surface area (Å²) in [6.07, 6.45) is 1.81. The molecule has 0 fully saturated rings. The summed E-state index contributed by atoms with van der Waals surface area (Å²) in [5, 5.41) is 2.74. The normalized spacial score (nSPS) is 10.1. The van der Waals surface area contributed by atoms with Crippen LogP contribution in [0.5, 0.6) is 0 Å². The van der Waals surface area contributed by atoms with Crippen molar-refractivity contribution in [2.45, 2.75) is 0 Å². The fourth-order valence-corrected chi connectivity index (χ4v) is 2.31. The molecule has 0 saturated heterocycles. The maximum Gasteiger partial charge on any atom is 0.252 e. The molecular weight excluding hydrogens is 319 g/mol. The molecule has 0 aliphatic carbocycles. The van der Waals surface area contributed by atoms with Crippen LogP contribution in [0.25, 0.3) is 0 Å². The van der Waals surface area contributed by atoms with Crippen molar-refractivity contribution in [1.82, 2.24) is 5.32 Å². The molecule has 0 aliphatic heterocycles. The Morgan fingerprint density at radius 2 is 2.33 bits per heavy atom. The van der Waals surface area contributed by atoms with Gasteiger partial charge in [0.05, 0.1) is 11.3 Å². The highest BCUT2D eigenvalue weighted by Crippen LogP contribution is 2.22. The summed E-state index contributed by atoms with van der Waals surface area (Å²) in [5.74, 6) is 0.836. The van der Waals surface area contributed by atoms with Gasteiger partial charge in [0.15, 0.2) is 0 Å². The van der Waals surface area contributed by atoms with Crippen LogP contribution in [0, 0.1) is 5.82 Å². The first kappa shape index (κ1) is 15.0. The Hall–Kier alpha value is -1.01. The number of halogens is 2. The molecule has 18 heavy (non-hydrogen) atoms. The summed E-state index contributed by atoms with van der Waals surface area (Å²) >= 11 is 4.81. The van der Waals surface area contributed by atoms with Gasteiger partial charge in [-0.2, -0.15) is 11.8 Å². The molecular formula is C12H14BrFN2OS. The number of carbonyl (C=O) groups excluding carboxylic acids is 1. The Kier molecular flexibility index (Phi) is 6.21. The number of nitrogen functional groups attached to an aromatic ring is 1. The van der Waals surface area contributed by atoms with E-state index in [1.165, 1.54) is 12.1 Å². The van der Waals surface area contributed by atoms with E-state index >= 15 is 0 Å². The standard InChI is InChI=1S/C12H14BrFN2OS/c1-2-4-18-5-3-16-12(17)8-6-11(15)10(14)7-9(8)13/h2,6-7H,1,3-5,15H2,(H,16,17). The molecule has 0 bridgehead atoms. The van der Waals surface area contributed by atoms with Gasteiger partial charge in [-0.15, -0.1) is 6.58 Å². The number of amides is 1. The molecule has 1 amide bonds. The van der Waals surface area contributed by atoms with Crippen molar-refractivity contribution in [3.05, 3.63) is 40.6 Å². The van der Waals surface area contributed by atoms with E-state index < -0.39 is 5.82 Å². The van der Waals surface area contributed by atoms with Crippen LogP contribution >= 0.6 is 27.7 Å². The fraction of sp³-hybridized carbons (Fsp3) is 0.250. The van der Waals surface area contributed by atoms with Crippen LogP contribution in [0.3, 0.4) is 0 Å². The highest BCUT2D eigenvalue weighted by molar-refractivity contribution is 9.10. The van der Waals surface area contributed by atoms with Crippen molar-refractivity contribution in [3.8, 4) is 0 Å². The SMILES string of the molecule is C=CCSCCNC(=O)c1cc(N)c(F)cc1Br. The van der Waals surface area contributed by atoms with E-state index in [4.69, 9.17) is 5.73 Å². The molecule has 3 N–H and O–H groups in total. The first-order chi connectivity index (χ1) is 8.56. The first-order valence-corrected chi connectivity index (χ1v) is 7.22. The number of benzene rings is 1. The number of rotatable bonds is 6. The number of carbonyl (C=O) groups is 1. The highest BCUT2D eigenvalue weighted by Gasteiger charge is 2.12. The van der Waals surface area contributed by atoms with Crippen LogP contribution < -0.4 is 11.1 Å². The largest absolute Gasteiger partial charge is 0.396 e. The summed E-state index contributed by atoms with van der Waals surface area (Å²) in [6.45, 7) is 4.15. The zero-order valence-corrected chi connectivity index (χ0v) is 12.1. The number of thioether (sulfide) groups is 1. The lowest BCUT2D eigenvalue weighted by Crippen LogP contribution is -2.26. The van der Waals surface area contributed by atoms with Gasteiger partial charge in [-0.3, -0.25) is 4.79 Å². The minimum atomic E-state index is -0.542. The zero-order chi connectivity index (χ0) is 13.5. The lowest BCUT2D eigenvalue weighted by atomic mass is 10.2. The minimum Gasteiger partial charge on any atom is -0.396 e. The van der Waals surface area contributed by atoms with Crippen LogP contribution in [-0.4, -0.2) is 24.0 Å². The van der Waals surface area contributed by atoms with E-state index in [0.29, 0.717) is 16.6 Å². The van der Waals surface area contributed by atoms with E-state index in [1.807, 2.05) is 6.08 Å². The summed E-state index contributed by atoms with van der Waals surface area (Å²) in [7, 11) is 0. The molecule has 0 unspecified atom stereocenters. The third-order valence-corrected chi connectivity index (χ3v) is 3.72. The third-order valence-electron chi connectivity index (χ3n) is 2.10. The molecule has 1 aromatic rings. The van der Waals surface area contributed by atoms with Gasteiger partial charge in [0.25, 0.3) is 5.91 Å². The minimum absolute atomic E-state index is 0.0376. The van der Waals surface area contributed by atoms with Gasteiger partial charge in [0, 0.05) is 22.5 Å². The average molecular weight is 333 g/mol. The first-order valence-electron chi connectivity index (χ1n) is 5.27. The van der Waals surface area contributed by atoms with Gasteiger partial charge in [-0.25, -0.2) is 4.39 Å². The van der Waals surface area contributed by atoms with E-state index in [0.717, 1.165) is 11.5 Å². The molecule has 0 radical (unpaired) electrons. The maximum absolute atomic E-state index is 13.1. The Morgan fingerprint density at radius 3 is 3.00 bits per heavy atom. The molecule has 0 aromatic heterocycles. The Labute approximate surface area is 118 Å². The van der Waals surface area contributed by atoms with Gasteiger partial charge in [0.1, 0.15) is 5.82 Å². The van der Waals surface area contributed by atoms with Crippen LogP contribution in [-0.2, 0) is 0 Å². The monoisotopic (exact) mass is 332 g/mol. The van der Waals surface area contributed by atoms with Crippen LogP contribution in [0.15, 0.2) is 29.3 Å². The summed E-state index contributed by atoms with van der Waals surface area (Å²) in [4.78, 5) is 11.8. The molecule has 0 aliphatic rings. The topological polar surface area (TPSA) is 55.1 Å². The van der Waals surface area contributed by atoms with Crippen molar-refractivity contribution in [3.63, 3.8) is 0 Å². The van der Waals surface area contributed by atoms with Crippen molar-refractivity contribution >= 4 is 39.3 Å². The summed E-state index contributed by atoms with van der Waals surface area (Å²) in [6, 6.07) is 2.52. The average Bonchev–Trinajstić information content (AvgIpc) is 2.33. The van der Waals surface area contributed by atoms with E-state index in [-0.39, 0.29) is 11.6 Å². The molecule has 0 spiro atoms. The van der Waals surface area contributed by atoms with Gasteiger partial charge in [-0.1, -0.05) is 6.08 Å². The molecule has 0 heterocycles. The van der Waals surface area contributed by atoms with Crippen molar-refractivity contribution in [2.24, 2.45) is 0 Å². The van der Waals surface area contributed by atoms with E-state index in [1.54, 1.807) is 11.8 Å². The molecule has 0 saturated carbocycles. The Bertz CT molecular complexity index is 454.